The summed E-state index contributed by atoms with van der Waals surface area (Å²) < 4.78 is 0. The fraction of sp³-hybridized carbons (Fsp3) is 0.429. The Hall–Kier alpha value is -3.00. The van der Waals surface area contributed by atoms with Crippen LogP contribution in [0.2, 0.25) is 0 Å². The highest BCUT2D eigenvalue weighted by atomic mass is 16.2. The molecule has 5 rings (SSSR count). The maximum atomic E-state index is 13.1. The molecule has 0 bridgehead atoms. The van der Waals surface area contributed by atoms with Gasteiger partial charge in [-0.25, -0.2) is 9.97 Å². The lowest BCUT2D eigenvalue weighted by Crippen LogP contribution is -2.61. The highest BCUT2D eigenvalue weighted by Crippen LogP contribution is 2.48. The third-order valence-corrected chi connectivity index (χ3v) is 6.21. The number of rotatable bonds is 3. The molecule has 150 valence electrons. The van der Waals surface area contributed by atoms with Crippen LogP contribution in [0.4, 0.5) is 5.95 Å². The molecule has 4 heterocycles. The fourth-order valence-electron chi connectivity index (χ4n) is 4.85. The summed E-state index contributed by atoms with van der Waals surface area (Å²) in [7, 11) is 6.04. The minimum atomic E-state index is -0.00181. The van der Waals surface area contributed by atoms with Gasteiger partial charge in [-0.3, -0.25) is 9.89 Å². The van der Waals surface area contributed by atoms with Crippen molar-refractivity contribution in [3.8, 4) is 0 Å². The number of fused-ring (bicyclic) bond motifs is 1. The van der Waals surface area contributed by atoms with Crippen molar-refractivity contribution >= 4 is 22.8 Å². The number of anilines is 1. The highest BCUT2D eigenvalue weighted by Gasteiger charge is 2.56. The standard InChI is InChI=1S/C21H25N7O/c1-26(2)20-22-9-8-17(23-20)15-10-27(3)11-21(15)12-28(13-21)19(29)18-14-6-4-5-7-16(14)24-25-18/h4-9,15H,10-13H2,1-3H3,(H,24,25). The second-order valence-corrected chi connectivity index (χ2v) is 8.57. The van der Waals surface area contributed by atoms with E-state index in [0.717, 1.165) is 48.7 Å². The predicted octanol–water partition coefficient (Wildman–Crippen LogP) is 1.59. The number of para-hydroxylation sites is 1. The molecule has 1 aromatic carbocycles. The molecule has 1 amide bonds. The Morgan fingerprint density at radius 1 is 1.21 bits per heavy atom. The van der Waals surface area contributed by atoms with Crippen molar-refractivity contribution in [1.82, 2.24) is 30.0 Å². The normalized spacial score (nSPS) is 20.9. The molecule has 1 spiro atoms. The summed E-state index contributed by atoms with van der Waals surface area (Å²) in [6.07, 6.45) is 1.83. The molecule has 2 aliphatic rings. The fourth-order valence-corrected chi connectivity index (χ4v) is 4.85. The summed E-state index contributed by atoms with van der Waals surface area (Å²) in [5.41, 5.74) is 2.50. The van der Waals surface area contributed by atoms with E-state index in [1.54, 1.807) is 0 Å². The van der Waals surface area contributed by atoms with E-state index in [2.05, 4.69) is 27.1 Å². The van der Waals surface area contributed by atoms with Crippen molar-refractivity contribution in [2.75, 3.05) is 52.2 Å². The van der Waals surface area contributed by atoms with Gasteiger partial charge < -0.3 is 14.7 Å². The number of amides is 1. The average molecular weight is 391 g/mol. The second-order valence-electron chi connectivity index (χ2n) is 8.57. The molecule has 3 aromatic rings. The second kappa shape index (κ2) is 6.52. The van der Waals surface area contributed by atoms with Crippen LogP contribution in [0.15, 0.2) is 36.5 Å². The summed E-state index contributed by atoms with van der Waals surface area (Å²) in [6, 6.07) is 9.78. The maximum absolute atomic E-state index is 13.1. The zero-order valence-corrected chi connectivity index (χ0v) is 17.0. The first kappa shape index (κ1) is 18.1. The van der Waals surface area contributed by atoms with Gasteiger partial charge in [0.25, 0.3) is 5.91 Å². The molecular formula is C21H25N7O. The van der Waals surface area contributed by atoms with Gasteiger partial charge in [0.1, 0.15) is 0 Å². The number of nitrogens with zero attached hydrogens (tertiary/aromatic N) is 6. The van der Waals surface area contributed by atoms with Crippen molar-refractivity contribution in [2.45, 2.75) is 5.92 Å². The third kappa shape index (κ3) is 2.86. The van der Waals surface area contributed by atoms with Gasteiger partial charge in [-0.2, -0.15) is 5.10 Å². The smallest absolute Gasteiger partial charge is 0.275 e. The van der Waals surface area contributed by atoms with Crippen LogP contribution in [-0.2, 0) is 0 Å². The number of benzene rings is 1. The van der Waals surface area contributed by atoms with Gasteiger partial charge in [-0.05, 0) is 19.2 Å². The molecule has 2 aliphatic heterocycles. The number of carbonyl (C=O) groups excluding carboxylic acids is 1. The van der Waals surface area contributed by atoms with Gasteiger partial charge >= 0.3 is 0 Å². The maximum Gasteiger partial charge on any atom is 0.275 e. The molecule has 8 heteroatoms. The van der Waals surface area contributed by atoms with Gasteiger partial charge in [0.15, 0.2) is 5.69 Å². The number of H-pyrrole nitrogens is 1. The van der Waals surface area contributed by atoms with Crippen molar-refractivity contribution < 1.29 is 4.79 Å². The van der Waals surface area contributed by atoms with E-state index in [-0.39, 0.29) is 17.2 Å². The zero-order valence-electron chi connectivity index (χ0n) is 17.0. The molecule has 1 N–H and O–H groups in total. The monoisotopic (exact) mass is 391 g/mol. The van der Waals surface area contributed by atoms with E-state index < -0.39 is 0 Å². The molecule has 1 atom stereocenters. The molecule has 0 saturated carbocycles. The minimum Gasteiger partial charge on any atom is -0.347 e. The third-order valence-electron chi connectivity index (χ3n) is 6.21. The van der Waals surface area contributed by atoms with Crippen molar-refractivity contribution in [1.29, 1.82) is 0 Å². The predicted molar refractivity (Wildman–Crippen MR) is 111 cm³/mol. The Balaban J connectivity index is 1.39. The van der Waals surface area contributed by atoms with E-state index >= 15 is 0 Å². The Bertz CT molecular complexity index is 1070. The first-order valence-corrected chi connectivity index (χ1v) is 9.88. The quantitative estimate of drug-likeness (QED) is 0.730. The summed E-state index contributed by atoms with van der Waals surface area (Å²) in [6.45, 7) is 3.36. The van der Waals surface area contributed by atoms with Gasteiger partial charge in [-0.15, -0.1) is 0 Å². The molecule has 29 heavy (non-hydrogen) atoms. The van der Waals surface area contributed by atoms with E-state index in [1.165, 1.54) is 0 Å². The SMILES string of the molecule is CN1CC(c2ccnc(N(C)C)n2)C2(C1)CN(C(=O)c1n[nH]c3ccccc13)C2. The Kier molecular flexibility index (Phi) is 4.06. The van der Waals surface area contributed by atoms with Crippen LogP contribution in [0.25, 0.3) is 10.9 Å². The lowest BCUT2D eigenvalue weighted by Gasteiger charge is -2.50. The van der Waals surface area contributed by atoms with Crippen LogP contribution in [0, 0.1) is 5.41 Å². The number of carbonyl (C=O) groups is 1. The lowest BCUT2D eigenvalue weighted by molar-refractivity contribution is 0.00325. The Morgan fingerprint density at radius 3 is 2.79 bits per heavy atom. The lowest BCUT2D eigenvalue weighted by atomic mass is 9.70. The molecule has 2 fully saturated rings. The molecule has 2 saturated heterocycles. The largest absolute Gasteiger partial charge is 0.347 e. The van der Waals surface area contributed by atoms with E-state index in [1.807, 2.05) is 60.4 Å². The van der Waals surface area contributed by atoms with Gasteiger partial charge in [0, 0.05) is 63.2 Å². The molecule has 2 aromatic heterocycles. The van der Waals surface area contributed by atoms with Crippen LogP contribution in [0.5, 0.6) is 0 Å². The number of likely N-dealkylation sites (tertiary alicyclic amines) is 2. The molecule has 1 unspecified atom stereocenters. The average Bonchev–Trinajstić information content (AvgIpc) is 3.27. The van der Waals surface area contributed by atoms with Crippen molar-refractivity contribution in [2.24, 2.45) is 5.41 Å². The highest BCUT2D eigenvalue weighted by molar-refractivity contribution is 6.05. The summed E-state index contributed by atoms with van der Waals surface area (Å²) in [5, 5.41) is 8.13. The minimum absolute atomic E-state index is 0.00181. The number of aromatic amines is 1. The molecular weight excluding hydrogens is 366 g/mol. The first-order valence-electron chi connectivity index (χ1n) is 9.88. The van der Waals surface area contributed by atoms with E-state index in [0.29, 0.717) is 5.69 Å². The van der Waals surface area contributed by atoms with E-state index in [9.17, 15) is 4.79 Å². The number of likely N-dealkylation sites (N-methyl/N-ethyl adjacent to an activating group) is 1. The van der Waals surface area contributed by atoms with Crippen LogP contribution in [0.3, 0.4) is 0 Å². The number of nitrogens with one attached hydrogen (secondary N) is 1. The summed E-state index contributed by atoms with van der Waals surface area (Å²) in [5.74, 6) is 1.01. The summed E-state index contributed by atoms with van der Waals surface area (Å²) >= 11 is 0. The van der Waals surface area contributed by atoms with Gasteiger partial charge in [0.05, 0.1) is 11.2 Å². The van der Waals surface area contributed by atoms with Crippen molar-refractivity contribution in [3.05, 3.63) is 47.9 Å². The topological polar surface area (TPSA) is 81.2 Å². The number of hydrogen-bond acceptors (Lipinski definition) is 6. The van der Waals surface area contributed by atoms with Crippen LogP contribution < -0.4 is 4.90 Å². The number of aromatic nitrogens is 4. The summed E-state index contributed by atoms with van der Waals surface area (Å²) in [4.78, 5) is 28.4. The zero-order chi connectivity index (χ0) is 20.2. The molecule has 0 aliphatic carbocycles. The Labute approximate surface area is 169 Å². The van der Waals surface area contributed by atoms with Gasteiger partial charge in [0.2, 0.25) is 5.95 Å². The van der Waals surface area contributed by atoms with Crippen molar-refractivity contribution in [3.63, 3.8) is 0 Å². The molecule has 8 nitrogen and oxygen atoms in total. The first-order chi connectivity index (χ1) is 14.0. The van der Waals surface area contributed by atoms with Crippen LogP contribution in [-0.4, -0.2) is 83.2 Å². The van der Waals surface area contributed by atoms with Crippen LogP contribution >= 0.6 is 0 Å². The molecule has 0 radical (unpaired) electrons. The van der Waals surface area contributed by atoms with Gasteiger partial charge in [-0.1, -0.05) is 18.2 Å². The van der Waals surface area contributed by atoms with E-state index in [4.69, 9.17) is 4.98 Å². The number of hydrogen-bond donors (Lipinski definition) is 1. The van der Waals surface area contributed by atoms with Crippen LogP contribution in [0.1, 0.15) is 22.1 Å². The Morgan fingerprint density at radius 2 is 2.00 bits per heavy atom.